The Labute approximate surface area is 91.7 Å². The summed E-state index contributed by atoms with van der Waals surface area (Å²) in [6.45, 7) is 4.31. The van der Waals surface area contributed by atoms with Crippen molar-refractivity contribution in [3.63, 3.8) is 0 Å². The molecule has 0 N–H and O–H groups in total. The van der Waals surface area contributed by atoms with Gasteiger partial charge in [-0.25, -0.2) is 9.55 Å². The van der Waals surface area contributed by atoms with Crippen LogP contribution in [0.25, 0.3) is 0 Å². The first-order chi connectivity index (χ1) is 7.33. The van der Waals surface area contributed by atoms with Gasteiger partial charge in [0.25, 0.3) is 0 Å². The number of rotatable bonds is 6. The minimum Gasteiger partial charge on any atom is -0.240 e. The summed E-state index contributed by atoms with van der Waals surface area (Å²) in [7, 11) is 0. The average Bonchev–Trinajstić information content (AvgIpc) is 2.65. The van der Waals surface area contributed by atoms with Gasteiger partial charge in [-0.15, -0.1) is 0 Å². The Balaban J connectivity index is 2.72. The van der Waals surface area contributed by atoms with Crippen LogP contribution in [0.1, 0.15) is 51.0 Å². The van der Waals surface area contributed by atoms with Crippen LogP contribution in [0.4, 0.5) is 0 Å². The highest BCUT2D eigenvalue weighted by molar-refractivity contribution is 5.12. The standard InChI is InChI=1S/C12H19N3/c1-3-5-7-11-9-14-12(8-6-4-2)15(11)10-13/h9H,3-8H2,1-2H3. The summed E-state index contributed by atoms with van der Waals surface area (Å²) < 4.78 is 1.70. The zero-order valence-corrected chi connectivity index (χ0v) is 9.66. The van der Waals surface area contributed by atoms with Gasteiger partial charge in [-0.1, -0.05) is 26.7 Å². The largest absolute Gasteiger partial charge is 0.240 e. The second-order valence-corrected chi connectivity index (χ2v) is 3.81. The second-order valence-electron chi connectivity index (χ2n) is 3.81. The maximum atomic E-state index is 9.06. The molecule has 15 heavy (non-hydrogen) atoms. The van der Waals surface area contributed by atoms with Crippen molar-refractivity contribution >= 4 is 0 Å². The molecule has 1 aromatic heterocycles. The lowest BCUT2D eigenvalue weighted by Gasteiger charge is -2.01. The lowest BCUT2D eigenvalue weighted by molar-refractivity contribution is 0.717. The van der Waals surface area contributed by atoms with E-state index in [1.807, 2.05) is 6.20 Å². The molecular formula is C12H19N3. The predicted molar refractivity (Wildman–Crippen MR) is 60.5 cm³/mol. The van der Waals surface area contributed by atoms with Crippen molar-refractivity contribution in [3.05, 3.63) is 17.7 Å². The number of aromatic nitrogens is 2. The van der Waals surface area contributed by atoms with Gasteiger partial charge >= 0.3 is 0 Å². The van der Waals surface area contributed by atoms with Crippen LogP contribution < -0.4 is 0 Å². The Hall–Kier alpha value is -1.30. The van der Waals surface area contributed by atoms with Gasteiger partial charge in [-0.2, -0.15) is 5.26 Å². The zero-order chi connectivity index (χ0) is 11.1. The molecule has 3 nitrogen and oxygen atoms in total. The molecule has 0 unspecified atom stereocenters. The van der Waals surface area contributed by atoms with Crippen LogP contribution in [0, 0.1) is 11.5 Å². The molecule has 0 amide bonds. The summed E-state index contributed by atoms with van der Waals surface area (Å²) in [5, 5.41) is 9.06. The number of hydrogen-bond donors (Lipinski definition) is 0. The fourth-order valence-corrected chi connectivity index (χ4v) is 1.60. The maximum Gasteiger partial charge on any atom is 0.190 e. The van der Waals surface area contributed by atoms with Crippen LogP contribution in [-0.2, 0) is 12.8 Å². The molecule has 1 heterocycles. The van der Waals surface area contributed by atoms with Crippen LogP contribution in [0.15, 0.2) is 6.20 Å². The van der Waals surface area contributed by atoms with Crippen LogP contribution in [0.3, 0.4) is 0 Å². The zero-order valence-electron chi connectivity index (χ0n) is 9.66. The molecule has 0 aliphatic heterocycles. The Morgan fingerprint density at radius 3 is 2.53 bits per heavy atom. The molecule has 1 aromatic rings. The monoisotopic (exact) mass is 205 g/mol. The van der Waals surface area contributed by atoms with Crippen molar-refractivity contribution in [2.24, 2.45) is 0 Å². The Morgan fingerprint density at radius 1 is 1.27 bits per heavy atom. The van der Waals surface area contributed by atoms with E-state index in [1.54, 1.807) is 4.57 Å². The van der Waals surface area contributed by atoms with Gasteiger partial charge in [0.15, 0.2) is 6.19 Å². The maximum absolute atomic E-state index is 9.06. The summed E-state index contributed by atoms with van der Waals surface area (Å²) in [4.78, 5) is 4.32. The van der Waals surface area contributed by atoms with E-state index in [2.05, 4.69) is 25.0 Å². The Kier molecular flexibility index (Phi) is 4.89. The summed E-state index contributed by atoms with van der Waals surface area (Å²) >= 11 is 0. The van der Waals surface area contributed by atoms with E-state index in [9.17, 15) is 0 Å². The van der Waals surface area contributed by atoms with Gasteiger partial charge in [0.05, 0.1) is 5.69 Å². The predicted octanol–water partition coefficient (Wildman–Crippen LogP) is 2.90. The quantitative estimate of drug-likeness (QED) is 0.716. The fraction of sp³-hybridized carbons (Fsp3) is 0.667. The van der Waals surface area contributed by atoms with E-state index < -0.39 is 0 Å². The van der Waals surface area contributed by atoms with Gasteiger partial charge in [-0.3, -0.25) is 0 Å². The minimum absolute atomic E-state index is 0.913. The van der Waals surface area contributed by atoms with E-state index in [0.717, 1.165) is 50.0 Å². The molecule has 0 aliphatic rings. The van der Waals surface area contributed by atoms with Crippen molar-refractivity contribution in [3.8, 4) is 6.19 Å². The van der Waals surface area contributed by atoms with Crippen molar-refractivity contribution < 1.29 is 0 Å². The van der Waals surface area contributed by atoms with Crippen LogP contribution >= 0.6 is 0 Å². The molecule has 0 atom stereocenters. The number of aryl methyl sites for hydroxylation is 2. The van der Waals surface area contributed by atoms with Crippen molar-refractivity contribution in [2.75, 3.05) is 0 Å². The molecule has 0 radical (unpaired) electrons. The first-order valence-electron chi connectivity index (χ1n) is 5.79. The van der Waals surface area contributed by atoms with E-state index in [1.165, 1.54) is 0 Å². The Morgan fingerprint density at radius 2 is 1.93 bits per heavy atom. The third kappa shape index (κ3) is 3.09. The number of nitriles is 1. The van der Waals surface area contributed by atoms with Gasteiger partial charge in [0, 0.05) is 12.6 Å². The van der Waals surface area contributed by atoms with Crippen molar-refractivity contribution in [1.29, 1.82) is 5.26 Å². The van der Waals surface area contributed by atoms with Crippen molar-refractivity contribution in [2.45, 2.75) is 52.4 Å². The Bertz CT molecular complexity index is 308. The normalized spacial score (nSPS) is 10.2. The molecule has 1 rings (SSSR count). The van der Waals surface area contributed by atoms with Gasteiger partial charge in [0.1, 0.15) is 5.82 Å². The summed E-state index contributed by atoms with van der Waals surface area (Å²) in [6, 6.07) is 0. The molecular weight excluding hydrogens is 186 g/mol. The molecule has 82 valence electrons. The first-order valence-corrected chi connectivity index (χ1v) is 5.79. The van der Waals surface area contributed by atoms with Gasteiger partial charge in [-0.05, 0) is 19.3 Å². The molecule has 0 aromatic carbocycles. The third-order valence-corrected chi connectivity index (χ3v) is 2.55. The summed E-state index contributed by atoms with van der Waals surface area (Å²) in [6.07, 6.45) is 10.5. The lowest BCUT2D eigenvalue weighted by Crippen LogP contribution is -2.02. The number of imidazole rings is 1. The molecule has 0 fully saturated rings. The minimum atomic E-state index is 0.913. The second kappa shape index (κ2) is 6.23. The highest BCUT2D eigenvalue weighted by atomic mass is 15.1. The fourth-order valence-electron chi connectivity index (χ4n) is 1.60. The SMILES string of the molecule is CCCCc1cnc(CCCC)n1C#N. The molecule has 0 aliphatic carbocycles. The summed E-state index contributed by atoms with van der Waals surface area (Å²) in [5.41, 5.74) is 1.06. The highest BCUT2D eigenvalue weighted by Crippen LogP contribution is 2.10. The summed E-state index contributed by atoms with van der Waals surface area (Å²) in [5.74, 6) is 0.922. The first kappa shape index (κ1) is 11.8. The number of unbranched alkanes of at least 4 members (excludes halogenated alkanes) is 2. The molecule has 0 saturated heterocycles. The van der Waals surface area contributed by atoms with E-state index in [-0.39, 0.29) is 0 Å². The molecule has 0 spiro atoms. The topological polar surface area (TPSA) is 41.6 Å². The molecule has 0 saturated carbocycles. The van der Waals surface area contributed by atoms with Gasteiger partial charge < -0.3 is 0 Å². The van der Waals surface area contributed by atoms with E-state index >= 15 is 0 Å². The number of nitrogens with zero attached hydrogens (tertiary/aromatic N) is 3. The smallest absolute Gasteiger partial charge is 0.190 e. The molecule has 3 heteroatoms. The number of hydrogen-bond acceptors (Lipinski definition) is 2. The highest BCUT2D eigenvalue weighted by Gasteiger charge is 2.08. The van der Waals surface area contributed by atoms with E-state index in [0.29, 0.717) is 0 Å². The third-order valence-electron chi connectivity index (χ3n) is 2.55. The average molecular weight is 205 g/mol. The van der Waals surface area contributed by atoms with Crippen LogP contribution in [0.5, 0.6) is 0 Å². The lowest BCUT2D eigenvalue weighted by atomic mass is 10.2. The van der Waals surface area contributed by atoms with Gasteiger partial charge in [0.2, 0.25) is 0 Å². The van der Waals surface area contributed by atoms with E-state index in [4.69, 9.17) is 5.26 Å². The van der Waals surface area contributed by atoms with Crippen LogP contribution in [0.2, 0.25) is 0 Å². The van der Waals surface area contributed by atoms with Crippen LogP contribution in [-0.4, -0.2) is 9.55 Å². The molecule has 0 bridgehead atoms. The van der Waals surface area contributed by atoms with Crippen molar-refractivity contribution in [1.82, 2.24) is 9.55 Å².